The zero-order chi connectivity index (χ0) is 20.4. The molecule has 2 aliphatic heterocycles. The fourth-order valence-corrected chi connectivity index (χ4v) is 3.61. The summed E-state index contributed by atoms with van der Waals surface area (Å²) in [5.74, 6) is 0.432. The van der Waals surface area contributed by atoms with Gasteiger partial charge in [-0.25, -0.2) is 4.39 Å². The predicted octanol–water partition coefficient (Wildman–Crippen LogP) is 2.45. The average molecular weight is 399 g/mol. The number of ether oxygens (including phenoxy) is 2. The van der Waals surface area contributed by atoms with Gasteiger partial charge in [0, 0.05) is 19.2 Å². The summed E-state index contributed by atoms with van der Waals surface area (Å²) in [4.78, 5) is 25.8. The van der Waals surface area contributed by atoms with Crippen LogP contribution < -0.4 is 25.0 Å². The molecule has 1 atom stereocenters. The highest BCUT2D eigenvalue weighted by Crippen LogP contribution is 2.37. The summed E-state index contributed by atoms with van der Waals surface area (Å²) >= 11 is 0. The van der Waals surface area contributed by atoms with Crippen molar-refractivity contribution in [3.8, 4) is 11.5 Å². The Morgan fingerprint density at radius 2 is 2.10 bits per heavy atom. The minimum Gasteiger partial charge on any atom is -0.489 e. The van der Waals surface area contributed by atoms with E-state index in [2.05, 4.69) is 10.6 Å². The largest absolute Gasteiger partial charge is 0.489 e. The monoisotopic (exact) mass is 399 g/mol. The predicted molar refractivity (Wildman–Crippen MR) is 106 cm³/mol. The molecule has 2 aromatic rings. The molecule has 8 heteroatoms. The number of nitrogens with zero attached hydrogens (tertiary/aromatic N) is 1. The number of fused-ring (bicyclic) bond motifs is 2. The van der Waals surface area contributed by atoms with Gasteiger partial charge in [-0.2, -0.15) is 0 Å². The Morgan fingerprint density at radius 1 is 1.24 bits per heavy atom. The van der Waals surface area contributed by atoms with Crippen molar-refractivity contribution in [1.82, 2.24) is 5.32 Å². The van der Waals surface area contributed by atoms with Gasteiger partial charge in [-0.1, -0.05) is 6.07 Å². The van der Waals surface area contributed by atoms with Crippen molar-refractivity contribution >= 4 is 23.2 Å². The molecular weight excluding hydrogens is 377 g/mol. The molecule has 0 fully saturated rings. The van der Waals surface area contributed by atoms with Gasteiger partial charge in [0.15, 0.2) is 6.61 Å². The number of nitrogens with one attached hydrogen (secondary N) is 2. The minimum atomic E-state index is -0.375. The second-order valence-electron chi connectivity index (χ2n) is 7.03. The van der Waals surface area contributed by atoms with Crippen molar-refractivity contribution in [2.75, 3.05) is 30.0 Å². The topological polar surface area (TPSA) is 79.9 Å². The first kappa shape index (κ1) is 19.0. The van der Waals surface area contributed by atoms with Crippen LogP contribution in [0.15, 0.2) is 36.4 Å². The Hall–Kier alpha value is -3.29. The molecule has 2 aliphatic rings. The fraction of sp³-hybridized carbons (Fsp3) is 0.333. The third-order valence-corrected chi connectivity index (χ3v) is 4.93. The lowest BCUT2D eigenvalue weighted by Crippen LogP contribution is -2.45. The Labute approximate surface area is 167 Å². The summed E-state index contributed by atoms with van der Waals surface area (Å²) < 4.78 is 24.8. The number of rotatable bonds is 5. The molecule has 0 unspecified atom stereocenters. The minimum absolute atomic E-state index is 0.00334. The Kier molecular flexibility index (Phi) is 5.24. The van der Waals surface area contributed by atoms with E-state index < -0.39 is 0 Å². The SMILES string of the molecule is CCNC(=O)C[C@H]1COc2cc(F)ccc2N1Cc1ccc2c(c1)NC(=O)CO2. The highest BCUT2D eigenvalue weighted by molar-refractivity contribution is 5.95. The van der Waals surface area contributed by atoms with Crippen molar-refractivity contribution in [1.29, 1.82) is 0 Å². The van der Waals surface area contributed by atoms with Crippen LogP contribution in [0.2, 0.25) is 0 Å². The van der Waals surface area contributed by atoms with Crippen LogP contribution in [-0.4, -0.2) is 37.6 Å². The molecule has 7 nitrogen and oxygen atoms in total. The Bertz CT molecular complexity index is 950. The third-order valence-electron chi connectivity index (χ3n) is 4.93. The summed E-state index contributed by atoms with van der Waals surface area (Å²) in [5, 5.41) is 5.61. The van der Waals surface area contributed by atoms with Gasteiger partial charge >= 0.3 is 0 Å². The van der Waals surface area contributed by atoms with E-state index in [0.717, 1.165) is 11.3 Å². The van der Waals surface area contributed by atoms with Gasteiger partial charge in [0.25, 0.3) is 5.91 Å². The first-order valence-electron chi connectivity index (χ1n) is 9.54. The van der Waals surface area contributed by atoms with E-state index in [1.165, 1.54) is 12.1 Å². The Morgan fingerprint density at radius 3 is 2.93 bits per heavy atom. The maximum absolute atomic E-state index is 13.7. The van der Waals surface area contributed by atoms with Gasteiger partial charge in [-0.05, 0) is 36.8 Å². The molecule has 2 aromatic carbocycles. The second kappa shape index (κ2) is 7.98. The van der Waals surface area contributed by atoms with Crippen molar-refractivity contribution in [2.24, 2.45) is 0 Å². The van der Waals surface area contributed by atoms with Crippen LogP contribution >= 0.6 is 0 Å². The number of hydrogen-bond acceptors (Lipinski definition) is 5. The first-order valence-corrected chi connectivity index (χ1v) is 9.54. The fourth-order valence-electron chi connectivity index (χ4n) is 3.61. The lowest BCUT2D eigenvalue weighted by Gasteiger charge is -2.38. The summed E-state index contributed by atoms with van der Waals surface area (Å²) in [6.07, 6.45) is 0.259. The van der Waals surface area contributed by atoms with Gasteiger partial charge in [0.05, 0.1) is 23.8 Å². The van der Waals surface area contributed by atoms with Crippen molar-refractivity contribution in [3.05, 3.63) is 47.8 Å². The molecule has 152 valence electrons. The van der Waals surface area contributed by atoms with Crippen LogP contribution in [0.25, 0.3) is 0 Å². The standard InChI is InChI=1S/C21H22FN3O4/c1-2-23-20(26)9-15-11-28-19-8-14(22)4-5-17(19)25(15)10-13-3-6-18-16(7-13)24-21(27)12-29-18/h3-8,15H,2,9-12H2,1H3,(H,23,26)(H,24,27)/t15-/m0/s1. The summed E-state index contributed by atoms with van der Waals surface area (Å²) in [6, 6.07) is 9.77. The van der Waals surface area contributed by atoms with Gasteiger partial charge in [0.1, 0.15) is 23.9 Å². The summed E-state index contributed by atoms with van der Waals surface area (Å²) in [5.41, 5.74) is 2.27. The van der Waals surface area contributed by atoms with E-state index in [4.69, 9.17) is 9.47 Å². The molecule has 0 radical (unpaired) electrons. The maximum Gasteiger partial charge on any atom is 0.262 e. The maximum atomic E-state index is 13.7. The normalized spacial score (nSPS) is 17.4. The van der Waals surface area contributed by atoms with Crippen molar-refractivity contribution in [2.45, 2.75) is 25.9 Å². The lowest BCUT2D eigenvalue weighted by molar-refractivity contribution is -0.121. The summed E-state index contributed by atoms with van der Waals surface area (Å²) in [7, 11) is 0. The van der Waals surface area contributed by atoms with E-state index in [1.54, 1.807) is 6.07 Å². The van der Waals surface area contributed by atoms with Crippen LogP contribution in [-0.2, 0) is 16.1 Å². The van der Waals surface area contributed by atoms with Gasteiger partial charge in [-0.15, -0.1) is 0 Å². The molecule has 4 rings (SSSR count). The van der Waals surface area contributed by atoms with Crippen LogP contribution in [0.3, 0.4) is 0 Å². The van der Waals surface area contributed by atoms with Gasteiger partial charge in [-0.3, -0.25) is 9.59 Å². The number of benzene rings is 2. The number of anilines is 2. The molecule has 29 heavy (non-hydrogen) atoms. The van der Waals surface area contributed by atoms with Crippen molar-refractivity contribution in [3.63, 3.8) is 0 Å². The first-order chi connectivity index (χ1) is 14.0. The molecule has 0 saturated carbocycles. The smallest absolute Gasteiger partial charge is 0.262 e. The molecule has 2 amide bonds. The molecule has 0 saturated heterocycles. The highest BCUT2D eigenvalue weighted by atomic mass is 19.1. The number of halogens is 1. The zero-order valence-electron chi connectivity index (χ0n) is 16.0. The number of carbonyl (C=O) groups excluding carboxylic acids is 2. The van der Waals surface area contributed by atoms with E-state index in [0.29, 0.717) is 30.3 Å². The second-order valence-corrected chi connectivity index (χ2v) is 7.03. The zero-order valence-corrected chi connectivity index (χ0v) is 16.0. The van der Waals surface area contributed by atoms with E-state index in [9.17, 15) is 14.0 Å². The summed E-state index contributed by atoms with van der Waals surface area (Å²) in [6.45, 7) is 3.17. The van der Waals surface area contributed by atoms with E-state index in [-0.39, 0.29) is 43.3 Å². The molecule has 0 aliphatic carbocycles. The third kappa shape index (κ3) is 4.11. The molecule has 0 spiro atoms. The number of carbonyl (C=O) groups is 2. The van der Waals surface area contributed by atoms with Crippen LogP contribution in [0.1, 0.15) is 18.9 Å². The quantitative estimate of drug-likeness (QED) is 0.807. The highest BCUT2D eigenvalue weighted by Gasteiger charge is 2.30. The van der Waals surface area contributed by atoms with E-state index in [1.807, 2.05) is 30.0 Å². The van der Waals surface area contributed by atoms with Gasteiger partial charge in [0.2, 0.25) is 5.91 Å². The van der Waals surface area contributed by atoms with Crippen molar-refractivity contribution < 1.29 is 23.5 Å². The number of hydrogen-bond donors (Lipinski definition) is 2. The Balaban J connectivity index is 1.63. The van der Waals surface area contributed by atoms with Crippen LogP contribution in [0.5, 0.6) is 11.5 Å². The number of amides is 2. The molecular formula is C21H22FN3O4. The van der Waals surface area contributed by atoms with E-state index >= 15 is 0 Å². The average Bonchev–Trinajstić information content (AvgIpc) is 2.69. The van der Waals surface area contributed by atoms with Crippen LogP contribution in [0, 0.1) is 5.82 Å². The van der Waals surface area contributed by atoms with Gasteiger partial charge < -0.3 is 25.0 Å². The molecule has 2 heterocycles. The molecule has 2 N–H and O–H groups in total. The lowest BCUT2D eigenvalue weighted by atomic mass is 10.1. The van der Waals surface area contributed by atoms with Crippen LogP contribution in [0.4, 0.5) is 15.8 Å². The molecule has 0 bridgehead atoms. The molecule has 0 aromatic heterocycles.